The molecule has 0 unspecified atom stereocenters. The van der Waals surface area contributed by atoms with Crippen molar-refractivity contribution < 1.29 is 18.0 Å². The molecule has 0 aliphatic carbocycles. The lowest BCUT2D eigenvalue weighted by atomic mass is 10.0. The van der Waals surface area contributed by atoms with Gasteiger partial charge >= 0.3 is 6.18 Å². The minimum absolute atomic E-state index is 0.0352. The third kappa shape index (κ3) is 4.76. The minimum atomic E-state index is -4.70. The van der Waals surface area contributed by atoms with Gasteiger partial charge in [0.2, 0.25) is 5.91 Å². The Kier molecular flexibility index (Phi) is 6.12. The van der Waals surface area contributed by atoms with E-state index in [4.69, 9.17) is 5.26 Å². The smallest absolute Gasteiger partial charge is 0.384 e. The molecule has 0 spiro atoms. The molecule has 3 aromatic rings. The van der Waals surface area contributed by atoms with E-state index in [1.165, 1.54) is 12.1 Å². The van der Waals surface area contributed by atoms with Crippen LogP contribution in [-0.4, -0.2) is 12.5 Å². The highest BCUT2D eigenvalue weighted by Gasteiger charge is 2.34. The molecule has 0 saturated carbocycles. The van der Waals surface area contributed by atoms with Gasteiger partial charge in [0.1, 0.15) is 0 Å². The minimum Gasteiger partial charge on any atom is -0.384 e. The standard InChI is InChI=1S/C23H17F3N4O/c1-14(13-29-21-9-7-15(11-27)18-4-2-3-5-19(18)21)22(31)30-17-8-6-16(12-28)20(10-17)23(24,25)26/h2-10,14,29H,13H2,1H3,(H,30,31)/t14-/m1/s1. The molecular formula is C23H17F3N4O. The van der Waals surface area contributed by atoms with Gasteiger partial charge in [0.25, 0.3) is 0 Å². The first-order valence-corrected chi connectivity index (χ1v) is 9.32. The number of hydrogen-bond acceptors (Lipinski definition) is 4. The molecule has 0 heterocycles. The predicted octanol–water partition coefficient (Wildman–Crippen LogP) is 5.29. The van der Waals surface area contributed by atoms with Crippen LogP contribution < -0.4 is 10.6 Å². The van der Waals surface area contributed by atoms with Crippen LogP contribution in [-0.2, 0) is 11.0 Å². The molecule has 5 nitrogen and oxygen atoms in total. The largest absolute Gasteiger partial charge is 0.417 e. The molecule has 0 aliphatic rings. The fourth-order valence-corrected chi connectivity index (χ4v) is 3.13. The summed E-state index contributed by atoms with van der Waals surface area (Å²) in [6.07, 6.45) is -4.70. The van der Waals surface area contributed by atoms with Crippen molar-refractivity contribution in [2.75, 3.05) is 17.2 Å². The number of carbonyl (C=O) groups is 1. The van der Waals surface area contributed by atoms with E-state index in [1.807, 2.05) is 24.3 Å². The molecule has 0 aliphatic heterocycles. The van der Waals surface area contributed by atoms with Crippen LogP contribution in [0.25, 0.3) is 10.8 Å². The Morgan fingerprint density at radius 3 is 2.29 bits per heavy atom. The van der Waals surface area contributed by atoms with E-state index in [-0.39, 0.29) is 12.2 Å². The van der Waals surface area contributed by atoms with Crippen molar-refractivity contribution in [1.82, 2.24) is 0 Å². The zero-order chi connectivity index (χ0) is 22.6. The highest BCUT2D eigenvalue weighted by atomic mass is 19.4. The number of benzene rings is 3. The average Bonchev–Trinajstić information content (AvgIpc) is 2.76. The van der Waals surface area contributed by atoms with Gasteiger partial charge in [0, 0.05) is 28.7 Å². The number of nitrogens with zero attached hydrogens (tertiary/aromatic N) is 2. The first kappa shape index (κ1) is 21.7. The lowest BCUT2D eigenvalue weighted by Crippen LogP contribution is -2.26. The lowest BCUT2D eigenvalue weighted by Gasteiger charge is -2.16. The Hall–Kier alpha value is -4.04. The number of rotatable bonds is 5. The number of nitrogens with one attached hydrogen (secondary N) is 2. The Morgan fingerprint density at radius 2 is 1.65 bits per heavy atom. The van der Waals surface area contributed by atoms with Crippen molar-refractivity contribution >= 4 is 28.1 Å². The van der Waals surface area contributed by atoms with E-state index < -0.39 is 29.1 Å². The quantitative estimate of drug-likeness (QED) is 0.585. The fraction of sp³-hybridized carbons (Fsp3) is 0.174. The van der Waals surface area contributed by atoms with Gasteiger partial charge in [-0.25, -0.2) is 0 Å². The van der Waals surface area contributed by atoms with Crippen LogP contribution in [0.15, 0.2) is 54.6 Å². The topological polar surface area (TPSA) is 88.7 Å². The zero-order valence-electron chi connectivity index (χ0n) is 16.4. The maximum Gasteiger partial charge on any atom is 0.417 e. The first-order chi connectivity index (χ1) is 14.7. The van der Waals surface area contributed by atoms with Crippen LogP contribution in [0.2, 0.25) is 0 Å². The molecule has 8 heteroatoms. The number of fused-ring (bicyclic) bond motifs is 1. The van der Waals surface area contributed by atoms with E-state index >= 15 is 0 Å². The van der Waals surface area contributed by atoms with Gasteiger partial charge < -0.3 is 10.6 Å². The second kappa shape index (κ2) is 8.76. The Labute approximate surface area is 176 Å². The van der Waals surface area contributed by atoms with Gasteiger partial charge in [-0.3, -0.25) is 4.79 Å². The van der Waals surface area contributed by atoms with Gasteiger partial charge in [-0.2, -0.15) is 23.7 Å². The highest BCUT2D eigenvalue weighted by molar-refractivity contribution is 5.98. The summed E-state index contributed by atoms with van der Waals surface area (Å²) in [5, 5.41) is 25.4. The van der Waals surface area contributed by atoms with Gasteiger partial charge in [-0.05, 0) is 30.3 Å². The third-order valence-corrected chi connectivity index (χ3v) is 4.80. The molecule has 1 atom stereocenters. The maximum atomic E-state index is 13.1. The summed E-state index contributed by atoms with van der Waals surface area (Å²) in [5.74, 6) is -1.04. The van der Waals surface area contributed by atoms with E-state index in [0.29, 0.717) is 5.56 Å². The molecule has 3 aromatic carbocycles. The molecule has 3 rings (SSSR count). The summed E-state index contributed by atoms with van der Waals surface area (Å²) in [7, 11) is 0. The lowest BCUT2D eigenvalue weighted by molar-refractivity contribution is -0.137. The SMILES string of the molecule is C[C@H](CNc1ccc(C#N)c2ccccc12)C(=O)Nc1ccc(C#N)c(C(F)(F)F)c1. The third-order valence-electron chi connectivity index (χ3n) is 4.80. The van der Waals surface area contributed by atoms with Crippen molar-refractivity contribution in [3.8, 4) is 12.1 Å². The number of nitriles is 2. The molecule has 0 aromatic heterocycles. The van der Waals surface area contributed by atoms with Gasteiger partial charge in [-0.1, -0.05) is 31.2 Å². The first-order valence-electron chi connectivity index (χ1n) is 9.32. The zero-order valence-corrected chi connectivity index (χ0v) is 16.4. The van der Waals surface area contributed by atoms with Crippen LogP contribution in [0, 0.1) is 28.6 Å². The van der Waals surface area contributed by atoms with E-state index in [2.05, 4.69) is 16.7 Å². The summed E-state index contributed by atoms with van der Waals surface area (Å²) in [4.78, 5) is 12.5. The molecule has 1 amide bonds. The second-order valence-electron chi connectivity index (χ2n) is 6.96. The molecule has 156 valence electrons. The number of halogens is 3. The van der Waals surface area contributed by atoms with Crippen molar-refractivity contribution in [3.63, 3.8) is 0 Å². The summed E-state index contributed by atoms with van der Waals surface area (Å²) >= 11 is 0. The van der Waals surface area contributed by atoms with Crippen LogP contribution in [0.4, 0.5) is 24.5 Å². The number of anilines is 2. The molecule has 2 N–H and O–H groups in total. The van der Waals surface area contributed by atoms with Crippen molar-refractivity contribution in [2.24, 2.45) is 5.92 Å². The summed E-state index contributed by atoms with van der Waals surface area (Å²) < 4.78 is 39.3. The van der Waals surface area contributed by atoms with Gasteiger partial charge in [0.15, 0.2) is 0 Å². The van der Waals surface area contributed by atoms with E-state index in [9.17, 15) is 23.2 Å². The number of amides is 1. The molecule has 0 bridgehead atoms. The van der Waals surface area contributed by atoms with Gasteiger partial charge in [0.05, 0.1) is 34.7 Å². The van der Waals surface area contributed by atoms with Crippen LogP contribution in [0.5, 0.6) is 0 Å². The molecule has 31 heavy (non-hydrogen) atoms. The van der Waals surface area contributed by atoms with Crippen LogP contribution >= 0.6 is 0 Å². The Morgan fingerprint density at radius 1 is 1.00 bits per heavy atom. The molecule has 0 fully saturated rings. The van der Waals surface area contributed by atoms with Crippen molar-refractivity contribution in [1.29, 1.82) is 10.5 Å². The number of hydrogen-bond donors (Lipinski definition) is 2. The summed E-state index contributed by atoms with van der Waals surface area (Å²) in [5.41, 5.74) is -0.359. The monoisotopic (exact) mass is 422 g/mol. The Balaban J connectivity index is 1.72. The van der Waals surface area contributed by atoms with Crippen LogP contribution in [0.3, 0.4) is 0 Å². The van der Waals surface area contributed by atoms with E-state index in [1.54, 1.807) is 19.1 Å². The fourth-order valence-electron chi connectivity index (χ4n) is 3.13. The highest BCUT2D eigenvalue weighted by Crippen LogP contribution is 2.33. The summed E-state index contributed by atoms with van der Waals surface area (Å²) in [6, 6.07) is 17.5. The maximum absolute atomic E-state index is 13.1. The predicted molar refractivity (Wildman–Crippen MR) is 111 cm³/mol. The average molecular weight is 422 g/mol. The number of alkyl halides is 3. The van der Waals surface area contributed by atoms with Crippen molar-refractivity contribution in [2.45, 2.75) is 13.1 Å². The molecular weight excluding hydrogens is 405 g/mol. The second-order valence-corrected chi connectivity index (χ2v) is 6.96. The molecule has 0 saturated heterocycles. The molecule has 0 radical (unpaired) electrons. The van der Waals surface area contributed by atoms with Gasteiger partial charge in [-0.15, -0.1) is 0 Å². The Bertz CT molecular complexity index is 1220. The normalized spacial score (nSPS) is 11.9. The van der Waals surface area contributed by atoms with Crippen LogP contribution in [0.1, 0.15) is 23.6 Å². The van der Waals surface area contributed by atoms with Crippen molar-refractivity contribution in [3.05, 3.63) is 71.3 Å². The number of carbonyl (C=O) groups excluding carboxylic acids is 1. The summed E-state index contributed by atoms with van der Waals surface area (Å²) in [6.45, 7) is 1.87. The van der Waals surface area contributed by atoms with E-state index in [0.717, 1.165) is 28.6 Å².